The number of hydrogen-bond donors (Lipinski definition) is 2. The fourth-order valence-corrected chi connectivity index (χ4v) is 9.53. The third kappa shape index (κ3) is 5.14. The van der Waals surface area contributed by atoms with Crippen molar-refractivity contribution in [2.75, 3.05) is 13.2 Å². The number of aromatic nitrogens is 2. The molecule has 0 unspecified atom stereocenters. The molecule has 0 radical (unpaired) electrons. The molecule has 4 aromatic heterocycles. The molecule has 0 amide bonds. The van der Waals surface area contributed by atoms with Crippen molar-refractivity contribution >= 4 is 66.3 Å². The lowest BCUT2D eigenvalue weighted by molar-refractivity contribution is 0.218. The number of aromatic hydroxyl groups is 2. The van der Waals surface area contributed by atoms with E-state index in [2.05, 4.69) is 57.7 Å². The smallest absolute Gasteiger partial charge is 0.158 e. The SMILES string of the molecule is Oc1c(-n2c3ccccc3c3ccccc32)csc1-c1ccccc1OCCOc1ccccc1-c1scc(-n2c3ccccc3c3ccccc32)c1O. The highest BCUT2D eigenvalue weighted by Crippen LogP contribution is 2.48. The van der Waals surface area contributed by atoms with Gasteiger partial charge in [-0.2, -0.15) is 0 Å². The van der Waals surface area contributed by atoms with Gasteiger partial charge in [0.05, 0.1) is 43.2 Å². The lowest BCUT2D eigenvalue weighted by atomic mass is 10.1. The molecule has 0 aliphatic heterocycles. The molecule has 262 valence electrons. The molecule has 0 aliphatic rings. The normalized spacial score (nSPS) is 11.6. The van der Waals surface area contributed by atoms with Gasteiger partial charge in [-0.3, -0.25) is 0 Å². The van der Waals surface area contributed by atoms with E-state index in [0.29, 0.717) is 11.5 Å². The van der Waals surface area contributed by atoms with E-state index in [1.165, 1.54) is 22.7 Å². The summed E-state index contributed by atoms with van der Waals surface area (Å²) in [7, 11) is 0. The second kappa shape index (κ2) is 13.2. The van der Waals surface area contributed by atoms with Crippen LogP contribution in [0.1, 0.15) is 0 Å². The van der Waals surface area contributed by atoms with E-state index in [1.807, 2.05) is 108 Å². The Hall–Kier alpha value is -6.48. The molecular formula is C46H32N2O4S2. The van der Waals surface area contributed by atoms with Crippen molar-refractivity contribution in [2.45, 2.75) is 0 Å². The van der Waals surface area contributed by atoms with Crippen LogP contribution < -0.4 is 9.47 Å². The Kier molecular flexibility index (Phi) is 7.86. The minimum Gasteiger partial charge on any atom is -0.504 e. The van der Waals surface area contributed by atoms with Gasteiger partial charge in [-0.15, -0.1) is 22.7 Å². The summed E-state index contributed by atoms with van der Waals surface area (Å²) < 4.78 is 16.9. The van der Waals surface area contributed by atoms with Crippen molar-refractivity contribution in [1.29, 1.82) is 0 Å². The first kappa shape index (κ1) is 32.2. The molecule has 0 atom stereocenters. The number of fused-ring (bicyclic) bond motifs is 6. The zero-order valence-corrected chi connectivity index (χ0v) is 30.5. The summed E-state index contributed by atoms with van der Waals surface area (Å²) in [6, 6.07) is 48.7. The molecule has 0 fully saturated rings. The molecular weight excluding hydrogens is 709 g/mol. The van der Waals surface area contributed by atoms with Gasteiger partial charge >= 0.3 is 0 Å². The quantitative estimate of drug-likeness (QED) is 0.145. The average Bonchev–Trinajstić information content (AvgIpc) is 3.97. The Morgan fingerprint density at radius 3 is 1.09 bits per heavy atom. The van der Waals surface area contributed by atoms with Crippen LogP contribution in [0.5, 0.6) is 23.0 Å². The summed E-state index contributed by atoms with van der Waals surface area (Å²) in [5, 5.41) is 32.0. The second-order valence-corrected chi connectivity index (χ2v) is 14.8. The Balaban J connectivity index is 0.905. The highest BCUT2D eigenvalue weighted by atomic mass is 32.1. The van der Waals surface area contributed by atoms with Gasteiger partial charge in [-0.25, -0.2) is 0 Å². The van der Waals surface area contributed by atoms with E-state index < -0.39 is 0 Å². The summed E-state index contributed by atoms with van der Waals surface area (Å²) >= 11 is 2.98. The molecule has 54 heavy (non-hydrogen) atoms. The third-order valence-electron chi connectivity index (χ3n) is 10.00. The minimum absolute atomic E-state index is 0.212. The Bertz CT molecular complexity index is 2690. The fourth-order valence-electron chi connectivity index (χ4n) is 7.61. The first-order valence-corrected chi connectivity index (χ1v) is 19.5. The van der Waals surface area contributed by atoms with Gasteiger partial charge < -0.3 is 28.8 Å². The van der Waals surface area contributed by atoms with Gasteiger partial charge in [-0.05, 0) is 48.5 Å². The molecule has 10 rings (SSSR count). The molecule has 2 N–H and O–H groups in total. The zero-order chi connectivity index (χ0) is 36.2. The molecule has 0 saturated carbocycles. The molecule has 10 aromatic rings. The van der Waals surface area contributed by atoms with Crippen LogP contribution in [-0.4, -0.2) is 32.6 Å². The van der Waals surface area contributed by atoms with Crippen LogP contribution in [0.3, 0.4) is 0 Å². The van der Waals surface area contributed by atoms with Crippen molar-refractivity contribution in [1.82, 2.24) is 9.13 Å². The summed E-state index contributed by atoms with van der Waals surface area (Å²) in [5.74, 6) is 1.74. The van der Waals surface area contributed by atoms with Gasteiger partial charge in [0.15, 0.2) is 11.5 Å². The molecule has 0 bridgehead atoms. The molecule has 4 heterocycles. The molecule has 8 heteroatoms. The van der Waals surface area contributed by atoms with Crippen LogP contribution in [0.2, 0.25) is 0 Å². The van der Waals surface area contributed by atoms with Crippen LogP contribution in [0.25, 0.3) is 75.9 Å². The highest BCUT2D eigenvalue weighted by molar-refractivity contribution is 7.14. The van der Waals surface area contributed by atoms with Gasteiger partial charge in [0.1, 0.15) is 24.7 Å². The number of para-hydroxylation sites is 6. The minimum atomic E-state index is 0.212. The lowest BCUT2D eigenvalue weighted by Crippen LogP contribution is -2.10. The summed E-state index contributed by atoms with van der Waals surface area (Å²) in [4.78, 5) is 1.47. The molecule has 6 aromatic carbocycles. The van der Waals surface area contributed by atoms with E-state index in [0.717, 1.165) is 75.9 Å². The van der Waals surface area contributed by atoms with Gasteiger partial charge in [0, 0.05) is 43.4 Å². The molecule has 0 spiro atoms. The highest BCUT2D eigenvalue weighted by Gasteiger charge is 2.22. The summed E-state index contributed by atoms with van der Waals surface area (Å²) in [6.45, 7) is 0.556. The number of hydrogen-bond acceptors (Lipinski definition) is 6. The first-order chi connectivity index (χ1) is 26.7. The predicted molar refractivity (Wildman–Crippen MR) is 223 cm³/mol. The standard InChI is InChI=1S/C46H32N2O4S2/c49-43-39(47-35-19-7-1-13-29(35)30-14-2-8-20-36(30)47)27-53-45(43)33-17-5-11-23-41(33)51-25-26-52-42-24-12-6-18-34(42)46-44(50)40(28-54-46)48-37-21-9-3-15-31(37)32-16-4-10-22-38(32)48/h1-24,27-28,49-50H,25-26H2. The maximum absolute atomic E-state index is 11.7. The van der Waals surface area contributed by atoms with Crippen LogP contribution in [-0.2, 0) is 0 Å². The largest absolute Gasteiger partial charge is 0.504 e. The number of nitrogens with zero attached hydrogens (tertiary/aromatic N) is 2. The Morgan fingerprint density at radius 1 is 0.407 bits per heavy atom. The lowest BCUT2D eigenvalue weighted by Gasteiger charge is -2.14. The van der Waals surface area contributed by atoms with Crippen molar-refractivity contribution < 1.29 is 19.7 Å². The Labute approximate surface area is 318 Å². The third-order valence-corrected chi connectivity index (χ3v) is 12.0. The van der Waals surface area contributed by atoms with Crippen molar-refractivity contribution in [2.24, 2.45) is 0 Å². The van der Waals surface area contributed by atoms with E-state index in [9.17, 15) is 10.2 Å². The average molecular weight is 741 g/mol. The van der Waals surface area contributed by atoms with Gasteiger partial charge in [0.25, 0.3) is 0 Å². The summed E-state index contributed by atoms with van der Waals surface area (Å²) in [6.07, 6.45) is 0. The topological polar surface area (TPSA) is 68.8 Å². The molecule has 0 saturated heterocycles. The number of thiophene rings is 2. The van der Waals surface area contributed by atoms with Crippen LogP contribution in [0.4, 0.5) is 0 Å². The van der Waals surface area contributed by atoms with Crippen LogP contribution >= 0.6 is 22.7 Å². The van der Waals surface area contributed by atoms with Crippen molar-refractivity contribution in [3.8, 4) is 55.3 Å². The number of rotatable bonds is 9. The Morgan fingerprint density at radius 2 is 0.722 bits per heavy atom. The van der Waals surface area contributed by atoms with Crippen LogP contribution in [0.15, 0.2) is 156 Å². The zero-order valence-electron chi connectivity index (χ0n) is 28.8. The number of benzene rings is 6. The molecule has 6 nitrogen and oxygen atoms in total. The number of ether oxygens (including phenoxy) is 2. The summed E-state index contributed by atoms with van der Waals surface area (Å²) in [5.41, 5.74) is 7.26. The van der Waals surface area contributed by atoms with Gasteiger partial charge in [0.2, 0.25) is 0 Å². The van der Waals surface area contributed by atoms with Crippen LogP contribution in [0, 0.1) is 0 Å². The molecule has 0 aliphatic carbocycles. The fraction of sp³-hybridized carbons (Fsp3) is 0.0435. The maximum atomic E-state index is 11.7. The van der Waals surface area contributed by atoms with Crippen molar-refractivity contribution in [3.63, 3.8) is 0 Å². The van der Waals surface area contributed by atoms with E-state index in [1.54, 1.807) is 0 Å². The monoisotopic (exact) mass is 740 g/mol. The van der Waals surface area contributed by atoms with E-state index in [4.69, 9.17) is 9.47 Å². The van der Waals surface area contributed by atoms with E-state index >= 15 is 0 Å². The predicted octanol–water partition coefficient (Wildman–Crippen LogP) is 12.2. The van der Waals surface area contributed by atoms with Gasteiger partial charge in [-0.1, -0.05) is 97.1 Å². The van der Waals surface area contributed by atoms with E-state index in [-0.39, 0.29) is 24.7 Å². The van der Waals surface area contributed by atoms with Crippen molar-refractivity contribution in [3.05, 3.63) is 156 Å². The second-order valence-electron chi connectivity index (χ2n) is 13.0. The first-order valence-electron chi connectivity index (χ1n) is 17.7. The maximum Gasteiger partial charge on any atom is 0.158 e.